The lowest BCUT2D eigenvalue weighted by Crippen LogP contribution is -2.27. The number of hydrogen-bond donors (Lipinski definition) is 1. The third kappa shape index (κ3) is 10.1. The van der Waals surface area contributed by atoms with E-state index >= 15 is 0 Å². The number of aliphatic hydroxyl groups is 1. The van der Waals surface area contributed by atoms with E-state index in [0.29, 0.717) is 30.4 Å². The predicted octanol–water partition coefficient (Wildman–Crippen LogP) is 10.3. The van der Waals surface area contributed by atoms with Gasteiger partial charge in [0.15, 0.2) is 0 Å². The summed E-state index contributed by atoms with van der Waals surface area (Å²) in [7, 11) is 0. The summed E-state index contributed by atoms with van der Waals surface area (Å²) < 4.78 is 5.46. The number of aliphatic hydroxyl groups excluding tert-OH is 1. The van der Waals surface area contributed by atoms with Crippen molar-refractivity contribution in [3.63, 3.8) is 0 Å². The Hall–Kier alpha value is -2.39. The van der Waals surface area contributed by atoms with E-state index in [2.05, 4.69) is 62.9 Å². The van der Waals surface area contributed by atoms with Gasteiger partial charge in [-0.1, -0.05) is 88.6 Å². The monoisotopic (exact) mass is 600 g/mol. The smallest absolute Gasteiger partial charge is 0.333 e. The van der Waals surface area contributed by atoms with Crippen molar-refractivity contribution in [1.82, 2.24) is 0 Å². The zero-order valence-electron chi connectivity index (χ0n) is 28.1. The van der Waals surface area contributed by atoms with E-state index in [9.17, 15) is 9.90 Å². The molecule has 3 nitrogen and oxygen atoms in total. The van der Waals surface area contributed by atoms with Crippen LogP contribution >= 0.6 is 0 Å². The van der Waals surface area contributed by atoms with E-state index in [1.807, 2.05) is 0 Å². The van der Waals surface area contributed by atoms with Crippen molar-refractivity contribution >= 4 is 5.97 Å². The minimum absolute atomic E-state index is 0.152. The molecule has 1 unspecified atom stereocenters. The average Bonchev–Trinajstić information content (AvgIpc) is 3.06. The van der Waals surface area contributed by atoms with Crippen LogP contribution in [0.15, 0.2) is 54.6 Å². The fourth-order valence-corrected chi connectivity index (χ4v) is 8.00. The van der Waals surface area contributed by atoms with Gasteiger partial charge in [-0.15, -0.1) is 0 Å². The quantitative estimate of drug-likeness (QED) is 0.118. The van der Waals surface area contributed by atoms with Gasteiger partial charge in [0, 0.05) is 12.2 Å². The molecule has 0 amide bonds. The molecule has 2 aliphatic rings. The van der Waals surface area contributed by atoms with Gasteiger partial charge in [0.2, 0.25) is 0 Å². The Labute approximate surface area is 268 Å². The molecule has 1 N–H and O–H groups in total. The molecule has 2 aromatic carbocycles. The topological polar surface area (TPSA) is 46.5 Å². The van der Waals surface area contributed by atoms with E-state index in [0.717, 1.165) is 24.7 Å². The molecule has 2 aliphatic carbocycles. The third-order valence-corrected chi connectivity index (χ3v) is 11.0. The van der Waals surface area contributed by atoms with Gasteiger partial charge in [0.25, 0.3) is 0 Å². The van der Waals surface area contributed by atoms with Crippen LogP contribution in [-0.4, -0.2) is 24.3 Å². The molecule has 1 atom stereocenters. The molecule has 3 heteroatoms. The number of rotatable bonds is 16. The molecular weight excluding hydrogens is 540 g/mol. The van der Waals surface area contributed by atoms with Crippen molar-refractivity contribution in [3.8, 4) is 0 Å². The molecule has 0 saturated heterocycles. The highest BCUT2D eigenvalue weighted by Crippen LogP contribution is 2.41. The first-order valence-electron chi connectivity index (χ1n) is 18.1. The van der Waals surface area contributed by atoms with Crippen molar-refractivity contribution in [1.29, 1.82) is 0 Å². The summed E-state index contributed by atoms with van der Waals surface area (Å²) in [5.41, 5.74) is 8.19. The highest BCUT2D eigenvalue weighted by atomic mass is 16.5. The largest absolute Gasteiger partial charge is 0.462 e. The van der Waals surface area contributed by atoms with Gasteiger partial charge in [-0.25, -0.2) is 4.79 Å². The van der Waals surface area contributed by atoms with Gasteiger partial charge in [-0.05, 0) is 141 Å². The van der Waals surface area contributed by atoms with Crippen molar-refractivity contribution in [2.45, 2.75) is 135 Å². The summed E-state index contributed by atoms with van der Waals surface area (Å²) in [6.07, 6.45) is 19.5. The van der Waals surface area contributed by atoms with E-state index in [-0.39, 0.29) is 18.5 Å². The second-order valence-corrected chi connectivity index (χ2v) is 14.1. The first-order chi connectivity index (χ1) is 21.4. The summed E-state index contributed by atoms with van der Waals surface area (Å²) in [5.74, 6) is 2.67. The fourth-order valence-electron chi connectivity index (χ4n) is 8.00. The summed E-state index contributed by atoms with van der Waals surface area (Å²) in [6, 6.07) is 17.1. The normalized spacial score (nSPS) is 22.8. The molecule has 44 heavy (non-hydrogen) atoms. The van der Waals surface area contributed by atoms with Gasteiger partial charge < -0.3 is 9.84 Å². The van der Waals surface area contributed by atoms with Crippen LogP contribution in [0.4, 0.5) is 0 Å². The first kappa shape index (κ1) is 34.5. The number of esters is 1. The number of carbonyl (C=O) groups excluding carboxylic acids is 1. The van der Waals surface area contributed by atoms with Gasteiger partial charge in [-0.3, -0.25) is 0 Å². The highest BCUT2D eigenvalue weighted by Gasteiger charge is 2.28. The predicted molar refractivity (Wildman–Crippen MR) is 184 cm³/mol. The number of aryl methyl sites for hydroxylation is 3. The molecule has 2 aromatic rings. The SMILES string of the molecule is C=C(C)C(=O)OCC(CCO)C1CCC(CCc2ccc(C3CCC(c4ccc(CCCCC)c(CC)c4)CC3)cc2)CC1. The summed E-state index contributed by atoms with van der Waals surface area (Å²) in [6.45, 7) is 10.5. The zero-order chi connectivity index (χ0) is 31.3. The molecule has 242 valence electrons. The fraction of sp³-hybridized carbons (Fsp3) is 0.634. The summed E-state index contributed by atoms with van der Waals surface area (Å²) >= 11 is 0. The molecule has 0 radical (unpaired) electrons. The highest BCUT2D eigenvalue weighted by molar-refractivity contribution is 5.86. The van der Waals surface area contributed by atoms with Crippen LogP contribution < -0.4 is 0 Å². The number of hydrogen-bond acceptors (Lipinski definition) is 3. The van der Waals surface area contributed by atoms with E-state index < -0.39 is 0 Å². The maximum Gasteiger partial charge on any atom is 0.333 e. The molecule has 2 fully saturated rings. The zero-order valence-corrected chi connectivity index (χ0v) is 28.1. The van der Waals surface area contributed by atoms with Crippen molar-refractivity contribution < 1.29 is 14.6 Å². The van der Waals surface area contributed by atoms with Gasteiger partial charge >= 0.3 is 5.97 Å². The van der Waals surface area contributed by atoms with Crippen LogP contribution in [0.5, 0.6) is 0 Å². The number of ether oxygens (including phenoxy) is 1. The molecule has 0 spiro atoms. The maximum atomic E-state index is 11.9. The average molecular weight is 601 g/mol. The molecule has 4 rings (SSSR count). The number of unbranched alkanes of at least 4 members (excludes halogenated alkanes) is 2. The van der Waals surface area contributed by atoms with E-state index in [1.54, 1.807) is 23.6 Å². The van der Waals surface area contributed by atoms with Gasteiger partial charge in [0.1, 0.15) is 0 Å². The Morgan fingerprint density at radius 1 is 0.864 bits per heavy atom. The number of carbonyl (C=O) groups is 1. The van der Waals surface area contributed by atoms with Crippen LogP contribution in [0.1, 0.15) is 144 Å². The number of benzene rings is 2. The first-order valence-corrected chi connectivity index (χ1v) is 18.1. The summed E-state index contributed by atoms with van der Waals surface area (Å²) in [5, 5.41) is 9.56. The third-order valence-electron chi connectivity index (χ3n) is 11.0. The lowest BCUT2D eigenvalue weighted by molar-refractivity contribution is -0.141. The molecule has 0 aromatic heterocycles. The van der Waals surface area contributed by atoms with Crippen LogP contribution in [0, 0.1) is 17.8 Å². The molecule has 0 aliphatic heterocycles. The second-order valence-electron chi connectivity index (χ2n) is 14.1. The molecule has 0 heterocycles. The van der Waals surface area contributed by atoms with Crippen LogP contribution in [0.3, 0.4) is 0 Å². The molecule has 2 saturated carbocycles. The standard InChI is InChI=1S/C41H60O3/c1-5-7-8-9-34-24-25-39(28-33(34)6-2)37-22-20-36(21-23-37)35-16-12-31(13-17-35)10-11-32-14-18-38(19-15-32)40(26-27-42)29-44-41(43)30(3)4/h12-13,16-17,24-25,28,32,36-38,40,42H,3,5-11,14-15,18-23,26-27,29H2,1-2,4H3. The Morgan fingerprint density at radius 3 is 2.14 bits per heavy atom. The Morgan fingerprint density at radius 2 is 1.52 bits per heavy atom. The van der Waals surface area contributed by atoms with Crippen LogP contribution in [-0.2, 0) is 28.8 Å². The van der Waals surface area contributed by atoms with Crippen molar-refractivity contribution in [2.24, 2.45) is 17.8 Å². The van der Waals surface area contributed by atoms with E-state index in [1.165, 1.54) is 94.6 Å². The second kappa shape index (κ2) is 17.9. The minimum Gasteiger partial charge on any atom is -0.462 e. The van der Waals surface area contributed by atoms with Crippen LogP contribution in [0.25, 0.3) is 0 Å². The molecular formula is C41H60O3. The van der Waals surface area contributed by atoms with E-state index in [4.69, 9.17) is 4.74 Å². The Balaban J connectivity index is 1.19. The lowest BCUT2D eigenvalue weighted by atomic mass is 9.73. The lowest BCUT2D eigenvalue weighted by Gasteiger charge is -2.33. The van der Waals surface area contributed by atoms with Gasteiger partial charge in [-0.2, -0.15) is 0 Å². The maximum absolute atomic E-state index is 11.9. The molecule has 0 bridgehead atoms. The minimum atomic E-state index is -0.315. The van der Waals surface area contributed by atoms with Crippen molar-refractivity contribution in [2.75, 3.05) is 13.2 Å². The Kier molecular flexibility index (Phi) is 14.1. The van der Waals surface area contributed by atoms with Crippen LogP contribution in [0.2, 0.25) is 0 Å². The Bertz CT molecular complexity index is 1150. The van der Waals surface area contributed by atoms with Gasteiger partial charge in [0.05, 0.1) is 6.61 Å². The summed E-state index contributed by atoms with van der Waals surface area (Å²) in [4.78, 5) is 11.9. The van der Waals surface area contributed by atoms with Crippen molar-refractivity contribution in [3.05, 3.63) is 82.4 Å².